The molecule has 0 bridgehead atoms. The SMILES string of the molecule is C[S+](C)Oc1cccc(Cl)c1.Fc1c(F)c(F)c([B-](c2c(F)c(F)c(F)c(F)c2F)(c2c(F)c(F)c(F)c(F)c2F)c2c(F)c(F)c(F)c(F)c2F)c(F)c1F. The van der Waals surface area contributed by atoms with Gasteiger partial charge in [-0.25, -0.2) is 87.8 Å². The van der Waals surface area contributed by atoms with Crippen LogP contribution >= 0.6 is 11.6 Å². The molecule has 56 heavy (non-hydrogen) atoms. The lowest BCUT2D eigenvalue weighted by Crippen LogP contribution is -2.81. The fourth-order valence-electron chi connectivity index (χ4n) is 5.59. The van der Waals surface area contributed by atoms with Crippen molar-refractivity contribution >= 4 is 50.8 Å². The minimum atomic E-state index is -7.22. The minimum Gasteiger partial charge on any atom is -0.287 e. The molecular weight excluding hydrogens is 859 g/mol. The van der Waals surface area contributed by atoms with Gasteiger partial charge in [-0.05, 0) is 12.1 Å². The predicted octanol–water partition coefficient (Wildman–Crippen LogP) is 8.36. The molecule has 5 aromatic carbocycles. The van der Waals surface area contributed by atoms with E-state index in [0.29, 0.717) is 5.02 Å². The van der Waals surface area contributed by atoms with E-state index in [0.717, 1.165) is 5.75 Å². The molecule has 5 rings (SSSR count). The van der Waals surface area contributed by atoms with Crippen LogP contribution in [0.15, 0.2) is 24.3 Å². The van der Waals surface area contributed by atoms with Gasteiger partial charge in [0.1, 0.15) is 65.2 Å². The lowest BCUT2D eigenvalue weighted by molar-refractivity contribution is 0.378. The van der Waals surface area contributed by atoms with Crippen molar-refractivity contribution in [3.05, 3.63) is 146 Å². The van der Waals surface area contributed by atoms with Gasteiger partial charge >= 0.3 is 0 Å². The highest BCUT2D eigenvalue weighted by Gasteiger charge is 2.52. The quantitative estimate of drug-likeness (QED) is 0.0549. The summed E-state index contributed by atoms with van der Waals surface area (Å²) in [4.78, 5) is 0. The van der Waals surface area contributed by atoms with Gasteiger partial charge in [0.2, 0.25) is 0 Å². The van der Waals surface area contributed by atoms with E-state index in [-0.39, 0.29) is 11.2 Å². The Balaban J connectivity index is 0.000000544. The van der Waals surface area contributed by atoms with Gasteiger partial charge in [0.25, 0.3) is 0 Å². The summed E-state index contributed by atoms with van der Waals surface area (Å²) in [5.74, 6) is -70.6. The van der Waals surface area contributed by atoms with E-state index in [9.17, 15) is 52.7 Å². The molecule has 0 aromatic heterocycles. The molecule has 0 atom stereocenters. The molecule has 0 aliphatic carbocycles. The van der Waals surface area contributed by atoms with Crippen molar-refractivity contribution < 1.29 is 92.0 Å². The molecule has 5 aromatic rings. The molecule has 0 unspecified atom stereocenters. The van der Waals surface area contributed by atoms with Crippen LogP contribution in [0.4, 0.5) is 87.8 Å². The van der Waals surface area contributed by atoms with Gasteiger partial charge in [-0.15, -0.1) is 21.9 Å². The first kappa shape index (κ1) is 43.9. The van der Waals surface area contributed by atoms with E-state index < -0.39 is 144 Å². The molecule has 0 heterocycles. The fourth-order valence-corrected chi connectivity index (χ4v) is 6.25. The topological polar surface area (TPSA) is 9.23 Å². The zero-order valence-electron chi connectivity index (χ0n) is 26.6. The van der Waals surface area contributed by atoms with Crippen molar-refractivity contribution in [2.24, 2.45) is 0 Å². The maximum absolute atomic E-state index is 15.4. The zero-order valence-corrected chi connectivity index (χ0v) is 28.2. The standard InChI is InChI=1S/C24BF20.C8H10ClOS/c26-5-1(6(27)14(35)21(42)13(5)34)25(2-7(28)15(36)22(43)16(37)8(2)29,3-9(30)17(38)23(44)18(39)10(3)31)4-11(32)19(40)24(45)20(41)12(4)33;1-11(2)10-8-5-3-4-7(9)6-8/h;3-6H,1-2H3/q-1;+1. The maximum atomic E-state index is 15.4. The summed E-state index contributed by atoms with van der Waals surface area (Å²) >= 11 is 5.72. The van der Waals surface area contributed by atoms with Gasteiger partial charge in [0.05, 0.1) is 0 Å². The third-order valence-corrected chi connectivity index (χ3v) is 8.53. The van der Waals surface area contributed by atoms with Crippen LogP contribution in [0.25, 0.3) is 0 Å². The first-order valence-corrected chi connectivity index (χ1v) is 16.5. The molecule has 24 heteroatoms. The Morgan fingerprint density at radius 1 is 0.375 bits per heavy atom. The van der Waals surface area contributed by atoms with E-state index in [4.69, 9.17) is 15.8 Å². The van der Waals surface area contributed by atoms with E-state index in [1.165, 1.54) is 0 Å². The van der Waals surface area contributed by atoms with Gasteiger partial charge in [-0.1, -0.05) is 17.7 Å². The van der Waals surface area contributed by atoms with Crippen LogP contribution in [0, 0.1) is 116 Å². The van der Waals surface area contributed by atoms with Gasteiger partial charge in [0.15, 0.2) is 86.7 Å². The average molecular weight is 869 g/mol. The van der Waals surface area contributed by atoms with Gasteiger partial charge < -0.3 is 0 Å². The maximum Gasteiger partial charge on any atom is 0.200 e. The number of benzene rings is 5. The second-order valence-electron chi connectivity index (χ2n) is 11.1. The van der Waals surface area contributed by atoms with Crippen LogP contribution < -0.4 is 26.0 Å². The summed E-state index contributed by atoms with van der Waals surface area (Å²) in [5, 5.41) is 0.716. The first-order chi connectivity index (χ1) is 25.9. The molecule has 1 nitrogen and oxygen atoms in total. The van der Waals surface area contributed by atoms with E-state index in [1.807, 2.05) is 36.8 Å². The Labute approximate surface area is 306 Å². The van der Waals surface area contributed by atoms with E-state index >= 15 is 35.1 Å². The van der Waals surface area contributed by atoms with Crippen molar-refractivity contribution in [3.63, 3.8) is 0 Å². The van der Waals surface area contributed by atoms with Crippen molar-refractivity contribution in [2.75, 3.05) is 12.5 Å². The van der Waals surface area contributed by atoms with Crippen LogP contribution in [0.2, 0.25) is 5.02 Å². The monoisotopic (exact) mass is 868 g/mol. The summed E-state index contributed by atoms with van der Waals surface area (Å²) < 4.78 is 299. The Morgan fingerprint density at radius 2 is 0.589 bits per heavy atom. The number of halogens is 21. The molecule has 0 amide bonds. The highest BCUT2D eigenvalue weighted by Crippen LogP contribution is 2.31. The van der Waals surface area contributed by atoms with Crippen LogP contribution in [-0.4, -0.2) is 18.7 Å². The highest BCUT2D eigenvalue weighted by atomic mass is 35.5. The molecule has 0 N–H and O–H groups in total. The number of hydrogen-bond donors (Lipinski definition) is 0. The second kappa shape index (κ2) is 16.0. The molecule has 0 aliphatic heterocycles. The zero-order chi connectivity index (χ0) is 42.6. The van der Waals surface area contributed by atoms with Crippen molar-refractivity contribution in [1.82, 2.24) is 0 Å². The summed E-state index contributed by atoms with van der Waals surface area (Å²) in [5.41, 5.74) is -14.3. The highest BCUT2D eigenvalue weighted by molar-refractivity contribution is 7.91. The third-order valence-electron chi connectivity index (χ3n) is 7.77. The molecule has 0 fully saturated rings. The second-order valence-corrected chi connectivity index (χ2v) is 13.2. The summed E-state index contributed by atoms with van der Waals surface area (Å²) in [7, 11) is 0. The Hall–Kier alpha value is -4.80. The van der Waals surface area contributed by atoms with Crippen LogP contribution in [-0.2, 0) is 11.2 Å². The van der Waals surface area contributed by atoms with Crippen LogP contribution in [0.3, 0.4) is 0 Å². The lowest BCUT2D eigenvalue weighted by atomic mass is 9.12. The Bertz CT molecular complexity index is 2030. The summed E-state index contributed by atoms with van der Waals surface area (Å²) in [6, 6.07) is 7.43. The van der Waals surface area contributed by atoms with Gasteiger partial charge in [-0.3, -0.25) is 4.18 Å². The van der Waals surface area contributed by atoms with Gasteiger partial charge in [0, 0.05) is 11.1 Å². The lowest BCUT2D eigenvalue weighted by Gasteiger charge is -2.44. The van der Waals surface area contributed by atoms with Crippen molar-refractivity contribution in [1.29, 1.82) is 0 Å². The molecule has 0 saturated heterocycles. The Morgan fingerprint density at radius 3 is 0.786 bits per heavy atom. The molecule has 0 aliphatic rings. The summed E-state index contributed by atoms with van der Waals surface area (Å²) in [6.07, 6.45) is -3.19. The largest absolute Gasteiger partial charge is 0.287 e. The van der Waals surface area contributed by atoms with E-state index in [2.05, 4.69) is 0 Å². The van der Waals surface area contributed by atoms with Crippen molar-refractivity contribution in [3.8, 4) is 5.75 Å². The normalized spacial score (nSPS) is 11.6. The van der Waals surface area contributed by atoms with Crippen LogP contribution in [0.5, 0.6) is 5.75 Å². The van der Waals surface area contributed by atoms with E-state index in [1.54, 1.807) is 0 Å². The predicted molar refractivity (Wildman–Crippen MR) is 161 cm³/mol. The van der Waals surface area contributed by atoms with Gasteiger partial charge in [-0.2, -0.15) is 0 Å². The number of hydrogen-bond acceptors (Lipinski definition) is 1. The smallest absolute Gasteiger partial charge is 0.200 e. The first-order valence-electron chi connectivity index (χ1n) is 14.1. The average Bonchev–Trinajstić information content (AvgIpc) is 3.14. The minimum absolute atomic E-state index is 0.0335. The van der Waals surface area contributed by atoms with Crippen molar-refractivity contribution in [2.45, 2.75) is 0 Å². The molecule has 0 saturated carbocycles. The third kappa shape index (κ3) is 6.85. The molecular formula is C32H10BClF20OS. The summed E-state index contributed by atoms with van der Waals surface area (Å²) in [6.45, 7) is 0. The molecule has 300 valence electrons. The fraction of sp³-hybridized carbons (Fsp3) is 0.0625. The Kier molecular flexibility index (Phi) is 12.5. The number of rotatable bonds is 6. The molecule has 0 radical (unpaired) electrons. The van der Waals surface area contributed by atoms with Crippen LogP contribution in [0.1, 0.15) is 0 Å². The molecule has 0 spiro atoms.